The van der Waals surface area contributed by atoms with Crippen LogP contribution in [0.2, 0.25) is 0 Å². The number of amidine groups is 1. The Morgan fingerprint density at radius 2 is 1.78 bits per heavy atom. The Bertz CT molecular complexity index is 1020. The summed E-state index contributed by atoms with van der Waals surface area (Å²) in [6.07, 6.45) is 2.27. The molecule has 4 N–H and O–H groups in total. The van der Waals surface area contributed by atoms with E-state index >= 15 is 0 Å². The number of carbonyl (C=O) groups is 3. The molecule has 4 rings (SSSR count). The molecule has 2 aliphatic heterocycles. The number of rotatable bonds is 6. The number of hydrogen-bond acceptors (Lipinski definition) is 4. The maximum Gasteiger partial charge on any atom is 0.247 e. The standard InChI is InChI=1S/C24H27N5O3/c25-23(26)17-7-9-18(10-8-17)27-24(32)20-12-11-19-14-28(15-22(31)29(19)20)21(30)13-6-16-4-2-1-3-5-16/h1-5,7-10,19-20H,6,11-15H2,(H3,25,26)(H,27,32)/t19-,20?/m0/s1. The van der Waals surface area contributed by atoms with Crippen molar-refractivity contribution in [1.82, 2.24) is 9.80 Å². The number of nitrogens with zero attached hydrogens (tertiary/aromatic N) is 2. The molecule has 0 aliphatic carbocycles. The van der Waals surface area contributed by atoms with Gasteiger partial charge in [-0.25, -0.2) is 0 Å². The number of piperazine rings is 1. The number of carbonyl (C=O) groups excluding carboxylic acids is 3. The number of hydrogen-bond donors (Lipinski definition) is 3. The van der Waals surface area contributed by atoms with E-state index in [9.17, 15) is 14.4 Å². The van der Waals surface area contributed by atoms with Gasteiger partial charge in [0.05, 0.1) is 12.6 Å². The topological polar surface area (TPSA) is 120 Å². The highest BCUT2D eigenvalue weighted by atomic mass is 16.2. The van der Waals surface area contributed by atoms with Crippen molar-refractivity contribution < 1.29 is 14.4 Å². The Morgan fingerprint density at radius 3 is 2.47 bits per heavy atom. The van der Waals surface area contributed by atoms with Crippen LogP contribution in [0.5, 0.6) is 0 Å². The van der Waals surface area contributed by atoms with Gasteiger partial charge in [-0.15, -0.1) is 0 Å². The Morgan fingerprint density at radius 1 is 1.06 bits per heavy atom. The smallest absolute Gasteiger partial charge is 0.247 e. The first-order valence-corrected chi connectivity index (χ1v) is 10.8. The van der Waals surface area contributed by atoms with Crippen molar-refractivity contribution in [3.05, 3.63) is 65.7 Å². The summed E-state index contributed by atoms with van der Waals surface area (Å²) in [7, 11) is 0. The number of nitrogens with two attached hydrogens (primary N) is 1. The molecular formula is C24H27N5O3. The maximum absolute atomic E-state index is 12.9. The summed E-state index contributed by atoms with van der Waals surface area (Å²) in [6.45, 7) is 0.484. The van der Waals surface area contributed by atoms with Crippen LogP contribution in [0.15, 0.2) is 54.6 Å². The fourth-order valence-electron chi connectivity index (χ4n) is 4.46. The van der Waals surface area contributed by atoms with Crippen LogP contribution in [-0.2, 0) is 20.8 Å². The van der Waals surface area contributed by atoms with Gasteiger partial charge >= 0.3 is 0 Å². The van der Waals surface area contributed by atoms with Crippen molar-refractivity contribution in [2.75, 3.05) is 18.4 Å². The lowest BCUT2D eigenvalue weighted by Gasteiger charge is -2.39. The zero-order chi connectivity index (χ0) is 22.7. The number of fused-ring (bicyclic) bond motifs is 1. The van der Waals surface area contributed by atoms with E-state index in [1.807, 2.05) is 30.3 Å². The molecule has 32 heavy (non-hydrogen) atoms. The van der Waals surface area contributed by atoms with E-state index in [1.54, 1.807) is 34.1 Å². The van der Waals surface area contributed by atoms with Gasteiger partial charge in [-0.2, -0.15) is 0 Å². The molecule has 0 saturated carbocycles. The largest absolute Gasteiger partial charge is 0.384 e. The molecule has 2 aromatic rings. The van der Waals surface area contributed by atoms with Crippen molar-refractivity contribution in [3.63, 3.8) is 0 Å². The van der Waals surface area contributed by atoms with E-state index < -0.39 is 6.04 Å². The summed E-state index contributed by atoms with van der Waals surface area (Å²) in [4.78, 5) is 41.7. The Kier molecular flexibility index (Phi) is 6.20. The van der Waals surface area contributed by atoms with E-state index in [2.05, 4.69) is 5.32 Å². The first kappa shape index (κ1) is 21.5. The fourth-order valence-corrected chi connectivity index (χ4v) is 4.46. The van der Waals surface area contributed by atoms with Crippen LogP contribution in [0.1, 0.15) is 30.4 Å². The van der Waals surface area contributed by atoms with Gasteiger partial charge in [0.15, 0.2) is 0 Å². The SMILES string of the molecule is N=C(N)c1ccc(NC(=O)C2CC[C@H]3CN(C(=O)CCc4ccccc4)CC(=O)N23)cc1. The summed E-state index contributed by atoms with van der Waals surface area (Å²) in [5, 5.41) is 10.3. The molecule has 3 amide bonds. The highest BCUT2D eigenvalue weighted by molar-refractivity contribution is 5.99. The number of amides is 3. The average molecular weight is 434 g/mol. The summed E-state index contributed by atoms with van der Waals surface area (Å²) in [5.74, 6) is -0.484. The van der Waals surface area contributed by atoms with Gasteiger partial charge in [0, 0.05) is 24.2 Å². The molecule has 166 valence electrons. The van der Waals surface area contributed by atoms with E-state index in [1.165, 1.54) is 0 Å². The van der Waals surface area contributed by atoms with Crippen molar-refractivity contribution in [3.8, 4) is 0 Å². The minimum atomic E-state index is -0.540. The lowest BCUT2D eigenvalue weighted by molar-refractivity contribution is -0.150. The van der Waals surface area contributed by atoms with Crippen molar-refractivity contribution in [1.29, 1.82) is 5.41 Å². The van der Waals surface area contributed by atoms with Crippen LogP contribution in [0.3, 0.4) is 0 Å². The first-order valence-electron chi connectivity index (χ1n) is 10.8. The van der Waals surface area contributed by atoms with Crippen molar-refractivity contribution in [2.24, 2.45) is 5.73 Å². The van der Waals surface area contributed by atoms with Crippen LogP contribution in [0, 0.1) is 5.41 Å². The molecule has 2 aliphatic rings. The van der Waals surface area contributed by atoms with E-state index in [0.29, 0.717) is 43.5 Å². The van der Waals surface area contributed by atoms with Gasteiger partial charge in [-0.3, -0.25) is 19.8 Å². The lowest BCUT2D eigenvalue weighted by atomic mass is 10.1. The first-order chi connectivity index (χ1) is 15.4. The number of aryl methyl sites for hydroxylation is 1. The van der Waals surface area contributed by atoms with E-state index in [4.69, 9.17) is 11.1 Å². The van der Waals surface area contributed by atoms with Gasteiger partial charge in [-0.1, -0.05) is 30.3 Å². The number of benzene rings is 2. The molecule has 8 nitrogen and oxygen atoms in total. The fraction of sp³-hybridized carbons (Fsp3) is 0.333. The second-order valence-electron chi connectivity index (χ2n) is 8.29. The maximum atomic E-state index is 12.9. The van der Waals surface area contributed by atoms with E-state index in [0.717, 1.165) is 5.56 Å². The molecule has 2 fully saturated rings. The van der Waals surface area contributed by atoms with Crippen LogP contribution >= 0.6 is 0 Å². The molecule has 0 bridgehead atoms. The number of nitrogens with one attached hydrogen (secondary N) is 2. The predicted octanol–water partition coefficient (Wildman–Crippen LogP) is 1.74. The molecule has 2 saturated heterocycles. The second-order valence-corrected chi connectivity index (χ2v) is 8.29. The predicted molar refractivity (Wildman–Crippen MR) is 121 cm³/mol. The van der Waals surface area contributed by atoms with Crippen LogP contribution in [0.4, 0.5) is 5.69 Å². The van der Waals surface area contributed by atoms with E-state index in [-0.39, 0.29) is 36.1 Å². The number of anilines is 1. The second kappa shape index (κ2) is 9.21. The monoisotopic (exact) mass is 433 g/mol. The highest BCUT2D eigenvalue weighted by Crippen LogP contribution is 2.29. The quantitative estimate of drug-likeness (QED) is 0.475. The lowest BCUT2D eigenvalue weighted by Crippen LogP contribution is -2.59. The molecule has 1 unspecified atom stereocenters. The highest BCUT2D eigenvalue weighted by Gasteiger charge is 2.45. The Labute approximate surface area is 186 Å². The van der Waals surface area contributed by atoms with Gasteiger partial charge in [-0.05, 0) is 49.1 Å². The number of nitrogen functional groups attached to an aromatic ring is 1. The molecule has 0 radical (unpaired) electrons. The van der Waals surface area contributed by atoms with Crippen LogP contribution in [0.25, 0.3) is 0 Å². The average Bonchev–Trinajstić information content (AvgIpc) is 3.23. The van der Waals surface area contributed by atoms with Gasteiger partial charge in [0.1, 0.15) is 11.9 Å². The minimum Gasteiger partial charge on any atom is -0.384 e. The van der Waals surface area contributed by atoms with Gasteiger partial charge < -0.3 is 20.9 Å². The summed E-state index contributed by atoms with van der Waals surface area (Å²) >= 11 is 0. The van der Waals surface area contributed by atoms with Crippen molar-refractivity contribution >= 4 is 29.2 Å². The molecule has 2 aromatic carbocycles. The third kappa shape index (κ3) is 4.64. The van der Waals surface area contributed by atoms with Crippen molar-refractivity contribution in [2.45, 2.75) is 37.8 Å². The zero-order valence-electron chi connectivity index (χ0n) is 17.8. The molecule has 0 aromatic heterocycles. The summed E-state index contributed by atoms with van der Waals surface area (Å²) < 4.78 is 0. The van der Waals surface area contributed by atoms with Gasteiger partial charge in [0.25, 0.3) is 0 Å². The molecule has 8 heteroatoms. The molecule has 2 heterocycles. The Hall–Kier alpha value is -3.68. The van der Waals surface area contributed by atoms with Gasteiger partial charge in [0.2, 0.25) is 17.7 Å². The normalized spacial score (nSPS) is 20.1. The minimum absolute atomic E-state index is 0.0151. The molecule has 0 spiro atoms. The van der Waals surface area contributed by atoms with Crippen LogP contribution in [-0.4, -0.2) is 58.5 Å². The third-order valence-corrected chi connectivity index (χ3v) is 6.14. The Balaban J connectivity index is 1.34. The zero-order valence-corrected chi connectivity index (χ0v) is 17.8. The molecular weight excluding hydrogens is 406 g/mol. The van der Waals surface area contributed by atoms with Crippen LogP contribution < -0.4 is 11.1 Å². The third-order valence-electron chi connectivity index (χ3n) is 6.14. The summed E-state index contributed by atoms with van der Waals surface area (Å²) in [5.41, 5.74) is 7.72. The molecule has 2 atom stereocenters. The summed E-state index contributed by atoms with van der Waals surface area (Å²) in [6, 6.07) is 15.9.